The molecule has 7 nitrogen and oxygen atoms in total. The number of likely N-dealkylation sites (tertiary alicyclic amines) is 1. The molecule has 0 unspecified atom stereocenters. The number of nitro groups is 1. The largest absolute Gasteiger partial charge is 0.382 e. The van der Waals surface area contributed by atoms with Crippen LogP contribution in [0.5, 0.6) is 0 Å². The summed E-state index contributed by atoms with van der Waals surface area (Å²) in [6.45, 7) is 2.82. The number of nitrogens with one attached hydrogen (secondary N) is 1. The Bertz CT molecular complexity index is 1130. The lowest BCUT2D eigenvalue weighted by atomic mass is 10.0. The fourth-order valence-corrected chi connectivity index (χ4v) is 3.88. The number of pyridine rings is 1. The molecular weight excluding hydrogens is 387 g/mol. The second-order valence-corrected chi connectivity index (χ2v) is 7.43. The number of benzene rings is 2. The summed E-state index contributed by atoms with van der Waals surface area (Å²) in [4.78, 5) is 29.5. The molecule has 1 N–H and O–H groups in total. The van der Waals surface area contributed by atoms with Crippen molar-refractivity contribution in [3.05, 3.63) is 75.7 Å². The maximum absolute atomic E-state index is 13.9. The van der Waals surface area contributed by atoms with Gasteiger partial charge in [0.1, 0.15) is 5.82 Å². The van der Waals surface area contributed by atoms with Crippen LogP contribution in [0.15, 0.2) is 48.5 Å². The van der Waals surface area contributed by atoms with E-state index >= 15 is 0 Å². The first kappa shape index (κ1) is 19.8. The van der Waals surface area contributed by atoms with Crippen LogP contribution in [-0.4, -0.2) is 39.8 Å². The summed E-state index contributed by atoms with van der Waals surface area (Å²) in [5.74, 6) is -0.810. The molecule has 0 atom stereocenters. The number of non-ortho nitro benzene ring substituents is 1. The molecule has 4 rings (SSSR count). The summed E-state index contributed by atoms with van der Waals surface area (Å²) in [6, 6.07) is 12.9. The Morgan fingerprint density at radius 2 is 1.93 bits per heavy atom. The molecule has 1 aromatic heterocycles. The summed E-state index contributed by atoms with van der Waals surface area (Å²) >= 11 is 0. The number of anilines is 1. The van der Waals surface area contributed by atoms with E-state index in [1.165, 1.54) is 18.2 Å². The molecular formula is C22H21FN4O3. The first-order valence-corrected chi connectivity index (χ1v) is 9.79. The first-order valence-electron chi connectivity index (χ1n) is 9.79. The van der Waals surface area contributed by atoms with E-state index in [1.807, 2.05) is 12.1 Å². The van der Waals surface area contributed by atoms with Crippen molar-refractivity contribution in [1.82, 2.24) is 9.88 Å². The van der Waals surface area contributed by atoms with Crippen molar-refractivity contribution >= 4 is 28.2 Å². The predicted molar refractivity (Wildman–Crippen MR) is 112 cm³/mol. The highest BCUT2D eigenvalue weighted by Gasteiger charge is 2.26. The Labute approximate surface area is 172 Å². The molecule has 1 aliphatic heterocycles. The lowest BCUT2D eigenvalue weighted by Gasteiger charge is -2.33. The second-order valence-electron chi connectivity index (χ2n) is 7.43. The van der Waals surface area contributed by atoms with Crippen LogP contribution in [0.4, 0.5) is 15.8 Å². The van der Waals surface area contributed by atoms with Crippen molar-refractivity contribution in [3.8, 4) is 0 Å². The third-order valence-electron chi connectivity index (χ3n) is 5.39. The maximum Gasteiger partial charge on any atom is 0.295 e. The average Bonchev–Trinajstić information content (AvgIpc) is 2.73. The summed E-state index contributed by atoms with van der Waals surface area (Å²) in [6.07, 6.45) is 1.38. The normalized spacial score (nSPS) is 14.7. The molecule has 0 saturated carbocycles. The average molecular weight is 408 g/mol. The number of hydrogen-bond acceptors (Lipinski definition) is 5. The maximum atomic E-state index is 13.9. The molecule has 1 fully saturated rings. The van der Waals surface area contributed by atoms with E-state index in [0.717, 1.165) is 5.69 Å². The van der Waals surface area contributed by atoms with Gasteiger partial charge in [0, 0.05) is 42.0 Å². The van der Waals surface area contributed by atoms with Crippen LogP contribution in [0.1, 0.15) is 28.9 Å². The van der Waals surface area contributed by atoms with Crippen LogP contribution in [0.25, 0.3) is 10.9 Å². The van der Waals surface area contributed by atoms with Crippen LogP contribution in [0, 0.1) is 22.9 Å². The van der Waals surface area contributed by atoms with Crippen molar-refractivity contribution < 1.29 is 14.1 Å². The molecule has 154 valence electrons. The van der Waals surface area contributed by atoms with E-state index in [-0.39, 0.29) is 23.2 Å². The summed E-state index contributed by atoms with van der Waals surface area (Å²) in [5, 5.41) is 15.5. The lowest BCUT2D eigenvalue weighted by Crippen LogP contribution is -2.42. The zero-order valence-corrected chi connectivity index (χ0v) is 16.5. The van der Waals surface area contributed by atoms with Gasteiger partial charge >= 0.3 is 0 Å². The number of carbonyl (C=O) groups excluding carboxylic acids is 1. The van der Waals surface area contributed by atoms with Crippen molar-refractivity contribution in [2.24, 2.45) is 0 Å². The fraction of sp³-hybridized carbons (Fsp3) is 0.273. The highest BCUT2D eigenvalue weighted by atomic mass is 19.1. The summed E-state index contributed by atoms with van der Waals surface area (Å²) < 4.78 is 13.9. The molecule has 3 aromatic rings. The Morgan fingerprint density at radius 1 is 1.20 bits per heavy atom. The van der Waals surface area contributed by atoms with Crippen molar-refractivity contribution in [2.75, 3.05) is 18.4 Å². The van der Waals surface area contributed by atoms with E-state index in [2.05, 4.69) is 10.3 Å². The van der Waals surface area contributed by atoms with Crippen LogP contribution in [-0.2, 0) is 0 Å². The molecule has 0 radical (unpaired) electrons. The number of fused-ring (bicyclic) bond motifs is 1. The number of aryl methyl sites for hydroxylation is 1. The Balaban J connectivity index is 1.50. The molecule has 0 aliphatic carbocycles. The van der Waals surface area contributed by atoms with Crippen molar-refractivity contribution in [2.45, 2.75) is 25.8 Å². The third-order valence-corrected chi connectivity index (χ3v) is 5.39. The van der Waals surface area contributed by atoms with Gasteiger partial charge in [-0.15, -0.1) is 0 Å². The molecule has 8 heteroatoms. The molecule has 0 bridgehead atoms. The van der Waals surface area contributed by atoms with E-state index in [9.17, 15) is 19.3 Å². The molecule has 1 saturated heterocycles. The van der Waals surface area contributed by atoms with Gasteiger partial charge in [-0.25, -0.2) is 9.37 Å². The number of nitro benzene ring substituents is 1. The first-order chi connectivity index (χ1) is 14.4. The number of carbonyl (C=O) groups is 1. The number of aromatic nitrogens is 1. The molecule has 1 aliphatic rings. The van der Waals surface area contributed by atoms with Crippen LogP contribution < -0.4 is 5.32 Å². The highest BCUT2D eigenvalue weighted by Crippen LogP contribution is 2.31. The van der Waals surface area contributed by atoms with Gasteiger partial charge in [0.05, 0.1) is 10.5 Å². The number of nitrogens with zero attached hydrogens (tertiary/aromatic N) is 3. The van der Waals surface area contributed by atoms with Crippen molar-refractivity contribution in [3.63, 3.8) is 0 Å². The van der Waals surface area contributed by atoms with Gasteiger partial charge in [-0.05, 0) is 38.0 Å². The monoisotopic (exact) mass is 408 g/mol. The van der Waals surface area contributed by atoms with E-state index in [0.29, 0.717) is 42.5 Å². The molecule has 2 heterocycles. The van der Waals surface area contributed by atoms with Crippen LogP contribution >= 0.6 is 0 Å². The van der Waals surface area contributed by atoms with Gasteiger partial charge < -0.3 is 10.2 Å². The SMILES string of the molecule is Cc1cc(NC2CCN(C(=O)c3ccccc3F)CC2)c2cccc([N+](=O)[O-])c2n1. The Morgan fingerprint density at radius 3 is 2.63 bits per heavy atom. The topological polar surface area (TPSA) is 88.4 Å². The zero-order valence-electron chi connectivity index (χ0n) is 16.5. The van der Waals surface area contributed by atoms with E-state index < -0.39 is 10.7 Å². The fourth-order valence-electron chi connectivity index (χ4n) is 3.88. The highest BCUT2D eigenvalue weighted by molar-refractivity contribution is 5.97. The Kier molecular flexibility index (Phi) is 5.31. The minimum atomic E-state index is -0.511. The quantitative estimate of drug-likeness (QED) is 0.513. The van der Waals surface area contributed by atoms with Gasteiger partial charge in [-0.3, -0.25) is 14.9 Å². The minimum absolute atomic E-state index is 0.0236. The van der Waals surface area contributed by atoms with Gasteiger partial charge in [0.15, 0.2) is 5.52 Å². The minimum Gasteiger partial charge on any atom is -0.382 e. The molecule has 1 amide bonds. The summed E-state index contributed by atoms with van der Waals surface area (Å²) in [5.41, 5.74) is 1.90. The predicted octanol–water partition coefficient (Wildman–Crippen LogP) is 4.31. The van der Waals surface area contributed by atoms with Crippen molar-refractivity contribution in [1.29, 1.82) is 0 Å². The summed E-state index contributed by atoms with van der Waals surface area (Å²) in [7, 11) is 0. The van der Waals surface area contributed by atoms with Gasteiger partial charge in [-0.2, -0.15) is 0 Å². The number of rotatable bonds is 4. The zero-order chi connectivity index (χ0) is 21.3. The van der Waals surface area contributed by atoms with Gasteiger partial charge in [0.25, 0.3) is 11.6 Å². The smallest absolute Gasteiger partial charge is 0.295 e. The van der Waals surface area contributed by atoms with E-state index in [1.54, 1.807) is 30.0 Å². The Hall–Kier alpha value is -3.55. The number of hydrogen-bond donors (Lipinski definition) is 1. The van der Waals surface area contributed by atoms with Crippen LogP contribution in [0.3, 0.4) is 0 Å². The number of halogens is 1. The lowest BCUT2D eigenvalue weighted by molar-refractivity contribution is -0.383. The standard InChI is InChI=1S/C22H21FN4O3/c1-14-13-19(17-6-4-8-20(27(29)30)21(17)24-14)25-15-9-11-26(12-10-15)22(28)16-5-2-3-7-18(16)23/h2-8,13,15H,9-12H2,1H3,(H,24,25). The van der Waals surface area contributed by atoms with Crippen LogP contribution in [0.2, 0.25) is 0 Å². The second kappa shape index (κ2) is 8.06. The third kappa shape index (κ3) is 3.80. The number of amides is 1. The van der Waals surface area contributed by atoms with E-state index in [4.69, 9.17) is 0 Å². The molecule has 30 heavy (non-hydrogen) atoms. The molecule has 2 aromatic carbocycles. The van der Waals surface area contributed by atoms with Gasteiger partial charge in [-0.1, -0.05) is 24.3 Å². The van der Waals surface area contributed by atoms with Gasteiger partial charge in [0.2, 0.25) is 0 Å². The number of para-hydroxylation sites is 1. The molecule has 0 spiro atoms. The number of piperidine rings is 1.